The van der Waals surface area contributed by atoms with Gasteiger partial charge in [-0.1, -0.05) is 17.3 Å². The minimum atomic E-state index is -3.23. The van der Waals surface area contributed by atoms with E-state index in [0.29, 0.717) is 12.3 Å². The van der Waals surface area contributed by atoms with Crippen molar-refractivity contribution in [3.63, 3.8) is 0 Å². The summed E-state index contributed by atoms with van der Waals surface area (Å²) in [5, 5.41) is 8.33. The largest absolute Gasteiger partial charge is 0.373 e. The van der Waals surface area contributed by atoms with Crippen LogP contribution in [0.4, 0.5) is 0 Å². The third-order valence-corrected chi connectivity index (χ3v) is 4.95. The Bertz CT molecular complexity index is 796. The summed E-state index contributed by atoms with van der Waals surface area (Å²) in [6.07, 6.45) is 3.91. The molecule has 1 aliphatic heterocycles. The zero-order valence-electron chi connectivity index (χ0n) is 12.9. The average molecular weight is 321 g/mol. The second-order valence-corrected chi connectivity index (χ2v) is 8.33. The van der Waals surface area contributed by atoms with Crippen LogP contribution in [-0.2, 0) is 14.6 Å². The number of sulfone groups is 1. The number of nitrogens with zero attached hydrogens (tertiary/aromatic N) is 3. The number of aromatic nitrogens is 3. The van der Waals surface area contributed by atoms with Crippen LogP contribution in [-0.4, -0.2) is 41.9 Å². The highest BCUT2D eigenvalue weighted by Crippen LogP contribution is 2.32. The summed E-state index contributed by atoms with van der Waals surface area (Å²) in [5.74, 6) is 0. The van der Waals surface area contributed by atoms with Crippen molar-refractivity contribution in [1.29, 1.82) is 0 Å². The second-order valence-electron chi connectivity index (χ2n) is 6.31. The first-order chi connectivity index (χ1) is 10.2. The molecule has 22 heavy (non-hydrogen) atoms. The van der Waals surface area contributed by atoms with Crippen molar-refractivity contribution in [2.45, 2.75) is 36.8 Å². The van der Waals surface area contributed by atoms with E-state index in [1.54, 1.807) is 22.9 Å². The van der Waals surface area contributed by atoms with Gasteiger partial charge < -0.3 is 4.74 Å². The molecule has 1 atom stereocenters. The Labute approximate surface area is 130 Å². The molecule has 0 radical (unpaired) electrons. The fourth-order valence-corrected chi connectivity index (χ4v) is 3.32. The summed E-state index contributed by atoms with van der Waals surface area (Å²) in [5.41, 5.74) is 1.26. The lowest BCUT2D eigenvalue weighted by molar-refractivity contribution is 0.0350. The monoisotopic (exact) mass is 321 g/mol. The number of rotatable bonds is 3. The van der Waals surface area contributed by atoms with Crippen LogP contribution in [0.3, 0.4) is 0 Å². The van der Waals surface area contributed by atoms with Crippen LogP contribution in [0.15, 0.2) is 35.4 Å². The quantitative estimate of drug-likeness (QED) is 0.865. The Morgan fingerprint density at radius 2 is 2.14 bits per heavy atom. The second kappa shape index (κ2) is 5.17. The van der Waals surface area contributed by atoms with Gasteiger partial charge in [0.25, 0.3) is 0 Å². The molecule has 1 aromatic carbocycles. The maximum absolute atomic E-state index is 11.6. The SMILES string of the molecule is CC1(C)CC(n2cc(-c3cccc(S(C)(=O)=O)c3)nn2)CO1. The highest BCUT2D eigenvalue weighted by molar-refractivity contribution is 7.90. The van der Waals surface area contributed by atoms with Gasteiger partial charge in [-0.15, -0.1) is 5.10 Å². The molecule has 1 unspecified atom stereocenters. The molecular weight excluding hydrogens is 302 g/mol. The zero-order chi connectivity index (χ0) is 16.0. The topological polar surface area (TPSA) is 74.1 Å². The summed E-state index contributed by atoms with van der Waals surface area (Å²) in [6.45, 7) is 4.72. The summed E-state index contributed by atoms with van der Waals surface area (Å²) in [4.78, 5) is 0.282. The summed E-state index contributed by atoms with van der Waals surface area (Å²) in [6, 6.07) is 6.91. The Morgan fingerprint density at radius 1 is 1.36 bits per heavy atom. The van der Waals surface area contributed by atoms with Gasteiger partial charge in [-0.25, -0.2) is 13.1 Å². The van der Waals surface area contributed by atoms with Crippen molar-refractivity contribution in [2.75, 3.05) is 12.9 Å². The predicted molar refractivity (Wildman–Crippen MR) is 82.3 cm³/mol. The van der Waals surface area contributed by atoms with Gasteiger partial charge in [0.1, 0.15) is 5.69 Å². The van der Waals surface area contributed by atoms with E-state index in [4.69, 9.17) is 4.74 Å². The highest BCUT2D eigenvalue weighted by atomic mass is 32.2. The van der Waals surface area contributed by atoms with Gasteiger partial charge in [-0.2, -0.15) is 0 Å². The van der Waals surface area contributed by atoms with Crippen molar-refractivity contribution in [1.82, 2.24) is 15.0 Å². The number of hydrogen-bond donors (Lipinski definition) is 0. The molecule has 0 aliphatic carbocycles. The molecule has 1 fully saturated rings. The lowest BCUT2D eigenvalue weighted by Gasteiger charge is -2.15. The lowest BCUT2D eigenvalue weighted by atomic mass is 10.0. The number of hydrogen-bond acceptors (Lipinski definition) is 5. The maximum atomic E-state index is 11.6. The van der Waals surface area contributed by atoms with E-state index in [0.717, 1.165) is 12.0 Å². The third-order valence-electron chi connectivity index (χ3n) is 3.84. The molecule has 0 spiro atoms. The first-order valence-electron chi connectivity index (χ1n) is 7.11. The van der Waals surface area contributed by atoms with Gasteiger partial charge in [0.15, 0.2) is 9.84 Å². The van der Waals surface area contributed by atoms with Gasteiger partial charge in [-0.3, -0.25) is 0 Å². The average Bonchev–Trinajstić information content (AvgIpc) is 3.04. The van der Waals surface area contributed by atoms with E-state index >= 15 is 0 Å². The van der Waals surface area contributed by atoms with E-state index in [2.05, 4.69) is 24.2 Å². The van der Waals surface area contributed by atoms with E-state index in [1.165, 1.54) is 6.26 Å². The van der Waals surface area contributed by atoms with Gasteiger partial charge in [0, 0.05) is 18.2 Å². The molecular formula is C15H19N3O3S. The van der Waals surface area contributed by atoms with Gasteiger partial charge >= 0.3 is 0 Å². The number of ether oxygens (including phenoxy) is 1. The molecule has 2 aromatic rings. The van der Waals surface area contributed by atoms with Crippen molar-refractivity contribution in [3.05, 3.63) is 30.5 Å². The van der Waals surface area contributed by atoms with Crippen LogP contribution < -0.4 is 0 Å². The molecule has 0 saturated carbocycles. The van der Waals surface area contributed by atoms with Crippen LogP contribution in [0, 0.1) is 0 Å². The lowest BCUT2D eigenvalue weighted by Crippen LogP contribution is -2.17. The van der Waals surface area contributed by atoms with Crippen molar-refractivity contribution < 1.29 is 13.2 Å². The standard InChI is InChI=1S/C15H19N3O3S/c1-15(2)8-12(10-21-15)18-9-14(16-17-18)11-5-4-6-13(7-11)22(3,19)20/h4-7,9,12H,8,10H2,1-3H3. The molecule has 0 N–H and O–H groups in total. The van der Waals surface area contributed by atoms with Gasteiger partial charge in [0.2, 0.25) is 0 Å². The molecule has 0 bridgehead atoms. The fraction of sp³-hybridized carbons (Fsp3) is 0.467. The zero-order valence-corrected chi connectivity index (χ0v) is 13.7. The molecule has 0 amide bonds. The molecule has 3 rings (SSSR count). The van der Waals surface area contributed by atoms with Crippen molar-refractivity contribution >= 4 is 9.84 Å². The molecule has 118 valence electrons. The Morgan fingerprint density at radius 3 is 2.77 bits per heavy atom. The molecule has 6 nitrogen and oxygen atoms in total. The number of benzene rings is 1. The first-order valence-corrected chi connectivity index (χ1v) is 9.00. The molecule has 1 aliphatic rings. The van der Waals surface area contributed by atoms with E-state index in [1.807, 2.05) is 12.3 Å². The molecule has 7 heteroatoms. The van der Waals surface area contributed by atoms with Crippen molar-refractivity contribution in [2.24, 2.45) is 0 Å². The normalized spacial score (nSPS) is 21.1. The van der Waals surface area contributed by atoms with E-state index in [-0.39, 0.29) is 16.5 Å². The highest BCUT2D eigenvalue weighted by Gasteiger charge is 2.33. The Balaban J connectivity index is 1.89. The summed E-state index contributed by atoms with van der Waals surface area (Å²) < 4.78 is 30.8. The third kappa shape index (κ3) is 3.05. The van der Waals surface area contributed by atoms with Crippen LogP contribution in [0.1, 0.15) is 26.3 Å². The van der Waals surface area contributed by atoms with Crippen LogP contribution in [0.5, 0.6) is 0 Å². The van der Waals surface area contributed by atoms with Gasteiger partial charge in [-0.05, 0) is 26.0 Å². The smallest absolute Gasteiger partial charge is 0.175 e. The van der Waals surface area contributed by atoms with E-state index < -0.39 is 9.84 Å². The van der Waals surface area contributed by atoms with Gasteiger partial charge in [0.05, 0.1) is 29.3 Å². The minimum Gasteiger partial charge on any atom is -0.373 e. The minimum absolute atomic E-state index is 0.146. The molecule has 1 saturated heterocycles. The maximum Gasteiger partial charge on any atom is 0.175 e. The predicted octanol–water partition coefficient (Wildman–Crippen LogP) is 2.09. The molecule has 2 heterocycles. The Hall–Kier alpha value is -1.73. The fourth-order valence-electron chi connectivity index (χ4n) is 2.65. The first kappa shape index (κ1) is 15.2. The summed E-state index contributed by atoms with van der Waals surface area (Å²) >= 11 is 0. The van der Waals surface area contributed by atoms with Crippen LogP contribution in [0.2, 0.25) is 0 Å². The van der Waals surface area contributed by atoms with Crippen LogP contribution >= 0.6 is 0 Å². The summed E-state index contributed by atoms with van der Waals surface area (Å²) in [7, 11) is -3.23. The van der Waals surface area contributed by atoms with E-state index in [9.17, 15) is 8.42 Å². The molecule has 1 aromatic heterocycles. The van der Waals surface area contributed by atoms with Crippen molar-refractivity contribution in [3.8, 4) is 11.3 Å². The van der Waals surface area contributed by atoms with Crippen LogP contribution in [0.25, 0.3) is 11.3 Å². The Kier molecular flexibility index (Phi) is 3.57.